The molecule has 0 bridgehead atoms. The first-order valence-electron chi connectivity index (χ1n) is 10.3. The molecule has 2 N–H and O–H groups in total. The van der Waals surface area contributed by atoms with Crippen molar-refractivity contribution in [2.75, 3.05) is 27.2 Å². The summed E-state index contributed by atoms with van der Waals surface area (Å²) in [6.07, 6.45) is 1.74. The number of hydrogen-bond acceptors (Lipinski definition) is 4. The lowest BCUT2D eigenvalue weighted by Crippen LogP contribution is -2.47. The van der Waals surface area contributed by atoms with E-state index in [1.54, 1.807) is 24.3 Å². The predicted molar refractivity (Wildman–Crippen MR) is 122 cm³/mol. The molecule has 0 spiro atoms. The van der Waals surface area contributed by atoms with Gasteiger partial charge in [-0.3, -0.25) is 4.90 Å². The number of hydrogen-bond donors (Lipinski definition) is 2. The van der Waals surface area contributed by atoms with Crippen LogP contribution in [0.25, 0.3) is 0 Å². The largest absolute Gasteiger partial charge is 0.335 e. The first kappa shape index (κ1) is 23.5. The van der Waals surface area contributed by atoms with Crippen LogP contribution in [-0.2, 0) is 23.1 Å². The van der Waals surface area contributed by atoms with Crippen LogP contribution in [0.2, 0.25) is 5.02 Å². The fraction of sp³-hybridized carbons (Fsp3) is 0.409. The Balaban J connectivity index is 1.47. The Morgan fingerprint density at radius 1 is 1.10 bits per heavy atom. The fourth-order valence-corrected chi connectivity index (χ4v) is 4.84. The maximum Gasteiger partial charge on any atom is 0.315 e. The van der Waals surface area contributed by atoms with Crippen molar-refractivity contribution in [2.24, 2.45) is 0 Å². The Morgan fingerprint density at radius 2 is 1.74 bits per heavy atom. The second kappa shape index (κ2) is 10.5. The van der Waals surface area contributed by atoms with Gasteiger partial charge in [0.25, 0.3) is 0 Å². The molecule has 31 heavy (non-hydrogen) atoms. The van der Waals surface area contributed by atoms with E-state index in [2.05, 4.69) is 15.5 Å². The minimum absolute atomic E-state index is 0.0993. The van der Waals surface area contributed by atoms with Gasteiger partial charge < -0.3 is 10.6 Å². The standard InChI is InChI=1S/C22H29ClN4O3S/c1-26(2)31(29,30)21-6-4-3-5-18(21)15-24-22(28)25-20-11-13-27(14-12-20)16-17-7-9-19(23)10-8-17/h3-10,20H,11-16H2,1-2H3,(H2,24,25,28). The van der Waals surface area contributed by atoms with Crippen molar-refractivity contribution >= 4 is 27.7 Å². The van der Waals surface area contributed by atoms with Gasteiger partial charge in [0.2, 0.25) is 10.0 Å². The van der Waals surface area contributed by atoms with Gasteiger partial charge in [0.15, 0.2) is 0 Å². The van der Waals surface area contributed by atoms with E-state index in [9.17, 15) is 13.2 Å². The van der Waals surface area contributed by atoms with Crippen LogP contribution < -0.4 is 10.6 Å². The van der Waals surface area contributed by atoms with Crippen molar-refractivity contribution in [2.45, 2.75) is 36.9 Å². The van der Waals surface area contributed by atoms with Gasteiger partial charge in [0.05, 0.1) is 4.90 Å². The van der Waals surface area contributed by atoms with E-state index in [0.717, 1.165) is 37.5 Å². The van der Waals surface area contributed by atoms with Crippen LogP contribution in [0.4, 0.5) is 4.79 Å². The maximum absolute atomic E-state index is 12.5. The third-order valence-electron chi connectivity index (χ3n) is 5.41. The number of piperidine rings is 1. The Morgan fingerprint density at radius 3 is 2.39 bits per heavy atom. The molecule has 9 heteroatoms. The molecule has 0 saturated carbocycles. The number of benzene rings is 2. The average molecular weight is 465 g/mol. The normalized spacial score (nSPS) is 15.7. The number of urea groups is 1. The van der Waals surface area contributed by atoms with Crippen molar-refractivity contribution in [1.82, 2.24) is 19.8 Å². The molecule has 0 atom stereocenters. The Bertz CT molecular complexity index is 988. The second-order valence-electron chi connectivity index (χ2n) is 7.90. The van der Waals surface area contributed by atoms with E-state index in [1.807, 2.05) is 24.3 Å². The third-order valence-corrected chi connectivity index (χ3v) is 7.58. The second-order valence-corrected chi connectivity index (χ2v) is 10.5. The van der Waals surface area contributed by atoms with E-state index in [4.69, 9.17) is 11.6 Å². The lowest BCUT2D eigenvalue weighted by atomic mass is 10.0. The molecular formula is C22H29ClN4O3S. The van der Waals surface area contributed by atoms with Crippen molar-refractivity contribution < 1.29 is 13.2 Å². The smallest absolute Gasteiger partial charge is 0.315 e. The van der Waals surface area contributed by atoms with Gasteiger partial charge in [-0.15, -0.1) is 0 Å². The van der Waals surface area contributed by atoms with Crippen molar-refractivity contribution in [3.05, 3.63) is 64.7 Å². The van der Waals surface area contributed by atoms with Crippen LogP contribution in [0.5, 0.6) is 0 Å². The number of nitrogens with zero attached hydrogens (tertiary/aromatic N) is 2. The summed E-state index contributed by atoms with van der Waals surface area (Å²) in [6, 6.07) is 14.4. The van der Waals surface area contributed by atoms with Gasteiger partial charge in [-0.25, -0.2) is 17.5 Å². The summed E-state index contributed by atoms with van der Waals surface area (Å²) in [6.45, 7) is 2.81. The Labute approximate surface area is 189 Å². The monoisotopic (exact) mass is 464 g/mol. The van der Waals surface area contributed by atoms with E-state index in [-0.39, 0.29) is 23.5 Å². The van der Waals surface area contributed by atoms with Crippen LogP contribution >= 0.6 is 11.6 Å². The summed E-state index contributed by atoms with van der Waals surface area (Å²) < 4.78 is 26.1. The quantitative estimate of drug-likeness (QED) is 0.659. The minimum atomic E-state index is -3.57. The highest BCUT2D eigenvalue weighted by atomic mass is 35.5. The van der Waals surface area contributed by atoms with Crippen LogP contribution in [0.3, 0.4) is 0 Å². The number of carbonyl (C=O) groups is 1. The highest BCUT2D eigenvalue weighted by molar-refractivity contribution is 7.89. The van der Waals surface area contributed by atoms with Crippen molar-refractivity contribution in [3.8, 4) is 0 Å². The van der Waals surface area contributed by atoms with Crippen LogP contribution in [0.1, 0.15) is 24.0 Å². The van der Waals surface area contributed by atoms with Gasteiger partial charge in [-0.1, -0.05) is 41.9 Å². The van der Waals surface area contributed by atoms with Crippen LogP contribution in [-0.4, -0.2) is 56.9 Å². The fourth-order valence-electron chi connectivity index (χ4n) is 3.59. The van der Waals surface area contributed by atoms with Gasteiger partial charge in [0.1, 0.15) is 0 Å². The number of rotatable bonds is 7. The van der Waals surface area contributed by atoms with Gasteiger partial charge in [-0.05, 0) is 42.2 Å². The highest BCUT2D eigenvalue weighted by Crippen LogP contribution is 2.19. The Hall–Kier alpha value is -2.13. The summed E-state index contributed by atoms with van der Waals surface area (Å²) in [5.74, 6) is 0. The zero-order valence-electron chi connectivity index (χ0n) is 17.8. The molecule has 168 valence electrons. The molecule has 0 aliphatic carbocycles. The molecule has 2 aromatic carbocycles. The molecule has 1 aliphatic heterocycles. The summed E-state index contributed by atoms with van der Waals surface area (Å²) in [5, 5.41) is 6.54. The first-order valence-corrected chi connectivity index (χ1v) is 12.1. The Kier molecular flexibility index (Phi) is 7.94. The predicted octanol–water partition coefficient (Wildman–Crippen LogP) is 3.05. The topological polar surface area (TPSA) is 81.8 Å². The SMILES string of the molecule is CN(C)S(=O)(=O)c1ccccc1CNC(=O)NC1CCN(Cc2ccc(Cl)cc2)CC1. The lowest BCUT2D eigenvalue weighted by molar-refractivity contribution is 0.186. The van der Waals surface area contributed by atoms with Crippen molar-refractivity contribution in [1.29, 1.82) is 0 Å². The summed E-state index contributed by atoms with van der Waals surface area (Å²) in [4.78, 5) is 14.9. The zero-order chi connectivity index (χ0) is 22.4. The van der Waals surface area contributed by atoms with E-state index < -0.39 is 10.0 Å². The molecular weight excluding hydrogens is 436 g/mol. The first-order chi connectivity index (χ1) is 14.8. The summed E-state index contributed by atoms with van der Waals surface area (Å²) in [5.41, 5.74) is 1.78. The molecule has 1 aliphatic rings. The zero-order valence-corrected chi connectivity index (χ0v) is 19.4. The number of carbonyl (C=O) groups excluding carboxylic acids is 1. The number of nitrogens with one attached hydrogen (secondary N) is 2. The number of amides is 2. The summed E-state index contributed by atoms with van der Waals surface area (Å²) in [7, 11) is -0.585. The van der Waals surface area contributed by atoms with E-state index >= 15 is 0 Å². The molecule has 2 amide bonds. The molecule has 1 saturated heterocycles. The van der Waals surface area contributed by atoms with Crippen LogP contribution in [0, 0.1) is 0 Å². The molecule has 0 aromatic heterocycles. The molecule has 0 radical (unpaired) electrons. The number of sulfonamides is 1. The molecule has 3 rings (SSSR count). The number of likely N-dealkylation sites (tertiary alicyclic amines) is 1. The molecule has 0 unspecified atom stereocenters. The van der Waals surface area contributed by atoms with E-state index in [1.165, 1.54) is 24.0 Å². The summed E-state index contributed by atoms with van der Waals surface area (Å²) >= 11 is 5.94. The van der Waals surface area contributed by atoms with Gasteiger partial charge >= 0.3 is 6.03 Å². The van der Waals surface area contributed by atoms with Crippen molar-refractivity contribution in [3.63, 3.8) is 0 Å². The molecule has 1 fully saturated rings. The van der Waals surface area contributed by atoms with Gasteiger partial charge in [-0.2, -0.15) is 0 Å². The minimum Gasteiger partial charge on any atom is -0.335 e. The lowest BCUT2D eigenvalue weighted by Gasteiger charge is -2.32. The van der Waals surface area contributed by atoms with E-state index in [0.29, 0.717) is 5.56 Å². The molecule has 2 aromatic rings. The average Bonchev–Trinajstić information content (AvgIpc) is 2.75. The highest BCUT2D eigenvalue weighted by Gasteiger charge is 2.22. The number of halogens is 1. The molecule has 1 heterocycles. The van der Waals surface area contributed by atoms with Crippen LogP contribution in [0.15, 0.2) is 53.4 Å². The molecule has 7 nitrogen and oxygen atoms in total. The third kappa shape index (κ3) is 6.43. The van der Waals surface area contributed by atoms with Gasteiger partial charge in [0, 0.05) is 51.3 Å². The maximum atomic E-state index is 12.5.